The molecule has 0 fully saturated rings. The quantitative estimate of drug-likeness (QED) is 0.862. The fraction of sp³-hybridized carbons (Fsp3) is 0.273. The van der Waals surface area contributed by atoms with Crippen LogP contribution >= 0.6 is 23.2 Å². The van der Waals surface area contributed by atoms with Crippen LogP contribution in [-0.4, -0.2) is 23.3 Å². The highest BCUT2D eigenvalue weighted by molar-refractivity contribution is 6.38. The number of hydrogen-bond acceptors (Lipinski definition) is 3. The van der Waals surface area contributed by atoms with Gasteiger partial charge in [0.2, 0.25) is 0 Å². The second kappa shape index (κ2) is 5.04. The molecule has 0 N–H and O–H groups in total. The van der Waals surface area contributed by atoms with Crippen LogP contribution in [-0.2, 0) is 11.3 Å². The lowest BCUT2D eigenvalue weighted by atomic mass is 10.2. The van der Waals surface area contributed by atoms with Crippen molar-refractivity contribution in [2.75, 3.05) is 13.7 Å². The number of aromatic nitrogens is 2. The Morgan fingerprint density at radius 1 is 1.41 bits per heavy atom. The number of rotatable bonds is 3. The van der Waals surface area contributed by atoms with Crippen molar-refractivity contribution in [3.8, 4) is 0 Å². The minimum absolute atomic E-state index is 0.170. The zero-order valence-electron chi connectivity index (χ0n) is 9.11. The Balaban J connectivity index is 2.62. The summed E-state index contributed by atoms with van der Waals surface area (Å²) in [4.78, 5) is 16.2. The monoisotopic (exact) mass is 272 g/mol. The number of methoxy groups -OCH3 is 1. The molecule has 0 aliphatic heterocycles. The fourth-order valence-electron chi connectivity index (χ4n) is 1.54. The average Bonchev–Trinajstić information content (AvgIpc) is 2.29. The Hall–Kier alpha value is -1.10. The number of benzene rings is 1. The van der Waals surface area contributed by atoms with E-state index in [4.69, 9.17) is 27.9 Å². The zero-order valence-corrected chi connectivity index (χ0v) is 10.6. The van der Waals surface area contributed by atoms with Crippen LogP contribution in [0, 0.1) is 0 Å². The van der Waals surface area contributed by atoms with Gasteiger partial charge in [-0.3, -0.25) is 9.36 Å². The molecule has 4 nitrogen and oxygen atoms in total. The Kier molecular flexibility index (Phi) is 3.66. The van der Waals surface area contributed by atoms with Crippen LogP contribution in [0.3, 0.4) is 0 Å². The molecule has 0 aliphatic carbocycles. The van der Waals surface area contributed by atoms with E-state index in [1.54, 1.807) is 19.2 Å². The number of nitrogens with zero attached hydrogens (tertiary/aromatic N) is 2. The topological polar surface area (TPSA) is 44.1 Å². The lowest BCUT2D eigenvalue weighted by molar-refractivity contribution is 0.186. The summed E-state index contributed by atoms with van der Waals surface area (Å²) in [6, 6.07) is 3.14. The van der Waals surface area contributed by atoms with Crippen molar-refractivity contribution in [3.05, 3.63) is 38.9 Å². The summed E-state index contributed by atoms with van der Waals surface area (Å²) in [5.74, 6) is 0. The van der Waals surface area contributed by atoms with Crippen LogP contribution < -0.4 is 5.56 Å². The van der Waals surface area contributed by atoms with Crippen LogP contribution in [0.25, 0.3) is 10.9 Å². The van der Waals surface area contributed by atoms with Gasteiger partial charge in [-0.1, -0.05) is 23.2 Å². The molecule has 0 spiro atoms. The summed E-state index contributed by atoms with van der Waals surface area (Å²) in [5, 5.41) is 1.22. The van der Waals surface area contributed by atoms with Gasteiger partial charge in [0.15, 0.2) is 0 Å². The van der Waals surface area contributed by atoms with E-state index in [2.05, 4.69) is 4.98 Å². The molecule has 1 heterocycles. The molecule has 0 atom stereocenters. The molecule has 0 aliphatic rings. The zero-order chi connectivity index (χ0) is 12.4. The summed E-state index contributed by atoms with van der Waals surface area (Å²) < 4.78 is 6.39. The molecule has 1 aromatic carbocycles. The van der Waals surface area contributed by atoms with E-state index in [-0.39, 0.29) is 5.56 Å². The third-order valence-corrected chi connectivity index (χ3v) is 2.89. The van der Waals surface area contributed by atoms with Crippen LogP contribution in [0.1, 0.15) is 0 Å². The first-order valence-electron chi connectivity index (χ1n) is 4.96. The van der Waals surface area contributed by atoms with E-state index in [9.17, 15) is 4.79 Å². The molecule has 17 heavy (non-hydrogen) atoms. The van der Waals surface area contributed by atoms with Gasteiger partial charge in [-0.15, -0.1) is 0 Å². The van der Waals surface area contributed by atoms with Crippen molar-refractivity contribution in [2.45, 2.75) is 6.54 Å². The summed E-state index contributed by atoms with van der Waals surface area (Å²) in [7, 11) is 1.58. The maximum atomic E-state index is 12.1. The first-order chi connectivity index (χ1) is 8.13. The maximum Gasteiger partial charge on any atom is 0.261 e. The van der Waals surface area contributed by atoms with Crippen molar-refractivity contribution >= 4 is 34.1 Å². The minimum Gasteiger partial charge on any atom is -0.383 e. The molecule has 0 amide bonds. The van der Waals surface area contributed by atoms with Crippen molar-refractivity contribution in [1.82, 2.24) is 9.55 Å². The fourth-order valence-corrected chi connectivity index (χ4v) is 2.09. The maximum absolute atomic E-state index is 12.1. The van der Waals surface area contributed by atoms with Crippen LogP contribution in [0.15, 0.2) is 23.3 Å². The lowest BCUT2D eigenvalue weighted by Crippen LogP contribution is -2.22. The Morgan fingerprint density at radius 3 is 2.88 bits per heavy atom. The minimum atomic E-state index is -0.170. The molecule has 1 aromatic heterocycles. The normalized spacial score (nSPS) is 11.0. The van der Waals surface area contributed by atoms with Gasteiger partial charge in [0.1, 0.15) is 0 Å². The summed E-state index contributed by atoms with van der Waals surface area (Å²) in [6.45, 7) is 0.893. The third kappa shape index (κ3) is 2.44. The molecule has 0 unspecified atom stereocenters. The van der Waals surface area contributed by atoms with Crippen molar-refractivity contribution in [1.29, 1.82) is 0 Å². The van der Waals surface area contributed by atoms with Crippen molar-refractivity contribution in [3.63, 3.8) is 0 Å². The smallest absolute Gasteiger partial charge is 0.261 e. The predicted molar refractivity (Wildman–Crippen MR) is 67.9 cm³/mol. The molecular weight excluding hydrogens is 263 g/mol. The highest BCUT2D eigenvalue weighted by atomic mass is 35.5. The molecule has 90 valence electrons. The summed E-state index contributed by atoms with van der Waals surface area (Å²) >= 11 is 11.8. The Morgan fingerprint density at radius 2 is 2.18 bits per heavy atom. The first-order valence-corrected chi connectivity index (χ1v) is 5.72. The van der Waals surface area contributed by atoms with Crippen molar-refractivity contribution < 1.29 is 4.74 Å². The number of hydrogen-bond donors (Lipinski definition) is 0. The molecule has 0 saturated carbocycles. The SMILES string of the molecule is COCCn1cnc2c(Cl)cc(Cl)cc2c1=O. The van der Waals surface area contributed by atoms with Gasteiger partial charge in [0.05, 0.1) is 35.4 Å². The predicted octanol–water partition coefficient (Wildman–Crippen LogP) is 2.35. The van der Waals surface area contributed by atoms with E-state index >= 15 is 0 Å². The van der Waals surface area contributed by atoms with E-state index in [1.807, 2.05) is 0 Å². The average molecular weight is 273 g/mol. The van der Waals surface area contributed by atoms with Gasteiger partial charge >= 0.3 is 0 Å². The highest BCUT2D eigenvalue weighted by Crippen LogP contribution is 2.23. The summed E-state index contributed by atoms with van der Waals surface area (Å²) in [5.41, 5.74) is 0.297. The van der Waals surface area contributed by atoms with E-state index in [0.29, 0.717) is 34.1 Å². The summed E-state index contributed by atoms with van der Waals surface area (Å²) in [6.07, 6.45) is 1.46. The standard InChI is InChI=1S/C11H10Cl2N2O2/c1-17-3-2-15-6-14-10-8(11(15)16)4-7(12)5-9(10)13/h4-6H,2-3H2,1H3. The van der Waals surface area contributed by atoms with E-state index in [0.717, 1.165) is 0 Å². The van der Waals surface area contributed by atoms with Gasteiger partial charge in [0, 0.05) is 12.1 Å². The van der Waals surface area contributed by atoms with E-state index < -0.39 is 0 Å². The molecule has 0 saturated heterocycles. The Labute approximate surface area is 108 Å². The van der Waals surface area contributed by atoms with Crippen LogP contribution in [0.4, 0.5) is 0 Å². The number of ether oxygens (including phenoxy) is 1. The molecule has 2 aromatic rings. The van der Waals surface area contributed by atoms with Gasteiger partial charge in [-0.2, -0.15) is 0 Å². The molecule has 0 bridgehead atoms. The van der Waals surface area contributed by atoms with Crippen molar-refractivity contribution in [2.24, 2.45) is 0 Å². The molecular formula is C11H10Cl2N2O2. The van der Waals surface area contributed by atoms with Gasteiger partial charge in [-0.05, 0) is 12.1 Å². The van der Waals surface area contributed by atoms with Crippen LogP contribution in [0.5, 0.6) is 0 Å². The Bertz CT molecular complexity index is 610. The van der Waals surface area contributed by atoms with Gasteiger partial charge < -0.3 is 4.74 Å². The first kappa shape index (κ1) is 12.4. The number of halogens is 2. The highest BCUT2D eigenvalue weighted by Gasteiger charge is 2.08. The molecule has 6 heteroatoms. The second-order valence-electron chi connectivity index (χ2n) is 3.52. The lowest BCUT2D eigenvalue weighted by Gasteiger charge is -2.06. The largest absolute Gasteiger partial charge is 0.383 e. The van der Waals surface area contributed by atoms with Gasteiger partial charge in [-0.25, -0.2) is 4.98 Å². The third-order valence-electron chi connectivity index (χ3n) is 2.38. The van der Waals surface area contributed by atoms with Gasteiger partial charge in [0.25, 0.3) is 5.56 Å². The van der Waals surface area contributed by atoms with E-state index in [1.165, 1.54) is 10.9 Å². The molecule has 0 radical (unpaired) electrons. The molecule has 2 rings (SSSR count). The number of fused-ring (bicyclic) bond motifs is 1. The second-order valence-corrected chi connectivity index (χ2v) is 4.36. The van der Waals surface area contributed by atoms with Crippen LogP contribution in [0.2, 0.25) is 10.0 Å².